The maximum atomic E-state index is 5.22. The van der Waals surface area contributed by atoms with E-state index in [0.29, 0.717) is 6.04 Å². The molecule has 0 aliphatic carbocycles. The van der Waals surface area contributed by atoms with Gasteiger partial charge in [-0.15, -0.1) is 0 Å². The van der Waals surface area contributed by atoms with Crippen LogP contribution in [0, 0.1) is 5.92 Å². The third-order valence-electron chi connectivity index (χ3n) is 4.30. The van der Waals surface area contributed by atoms with E-state index in [1.807, 2.05) is 12.1 Å². The third kappa shape index (κ3) is 4.22. The molecule has 0 spiro atoms. The van der Waals surface area contributed by atoms with Crippen molar-refractivity contribution in [3.05, 3.63) is 29.8 Å². The van der Waals surface area contributed by atoms with Gasteiger partial charge in [0.2, 0.25) is 0 Å². The van der Waals surface area contributed by atoms with Gasteiger partial charge in [0.1, 0.15) is 5.75 Å². The van der Waals surface area contributed by atoms with E-state index in [1.54, 1.807) is 7.11 Å². The summed E-state index contributed by atoms with van der Waals surface area (Å²) in [6.45, 7) is 5.85. The molecule has 1 heterocycles. The Kier molecular flexibility index (Phi) is 5.86. The minimum Gasteiger partial charge on any atom is -0.497 e. The van der Waals surface area contributed by atoms with Crippen molar-refractivity contribution in [1.29, 1.82) is 0 Å². The largest absolute Gasteiger partial charge is 0.497 e. The smallest absolute Gasteiger partial charge is 0.118 e. The molecule has 1 saturated heterocycles. The van der Waals surface area contributed by atoms with E-state index in [9.17, 15) is 0 Å². The van der Waals surface area contributed by atoms with Crippen LogP contribution in [0.2, 0.25) is 0 Å². The lowest BCUT2D eigenvalue weighted by Gasteiger charge is -2.31. The van der Waals surface area contributed by atoms with Crippen LogP contribution in [0.3, 0.4) is 0 Å². The average Bonchev–Trinajstić information content (AvgIpc) is 2.48. The van der Waals surface area contributed by atoms with Gasteiger partial charge >= 0.3 is 0 Å². The van der Waals surface area contributed by atoms with Gasteiger partial charge in [0.15, 0.2) is 0 Å². The van der Waals surface area contributed by atoms with Crippen molar-refractivity contribution in [1.82, 2.24) is 10.2 Å². The van der Waals surface area contributed by atoms with Crippen LogP contribution in [0.15, 0.2) is 24.3 Å². The standard InChI is InChI=1S/C17H28N2O/c1-4-17(15-7-9-16(20-3)10-8-15)18-12-14-6-5-11-19(2)13-14/h7-10,14,17-18H,4-6,11-13H2,1-3H3. The second-order valence-electron chi connectivity index (χ2n) is 5.91. The van der Waals surface area contributed by atoms with Crippen LogP contribution in [0.25, 0.3) is 0 Å². The molecule has 0 radical (unpaired) electrons. The van der Waals surface area contributed by atoms with E-state index < -0.39 is 0 Å². The fourth-order valence-corrected chi connectivity index (χ4v) is 3.08. The first-order valence-corrected chi connectivity index (χ1v) is 7.78. The zero-order valence-corrected chi connectivity index (χ0v) is 13.1. The molecule has 3 heteroatoms. The Balaban J connectivity index is 1.87. The monoisotopic (exact) mass is 276 g/mol. The van der Waals surface area contributed by atoms with Crippen molar-refractivity contribution in [2.45, 2.75) is 32.2 Å². The molecule has 0 saturated carbocycles. The number of hydrogen-bond donors (Lipinski definition) is 1. The lowest BCUT2D eigenvalue weighted by molar-refractivity contribution is 0.202. The van der Waals surface area contributed by atoms with Gasteiger partial charge in [0.05, 0.1) is 7.11 Å². The molecule has 112 valence electrons. The van der Waals surface area contributed by atoms with E-state index in [2.05, 4.69) is 36.3 Å². The Morgan fingerprint density at radius 3 is 2.70 bits per heavy atom. The van der Waals surface area contributed by atoms with Crippen LogP contribution in [-0.4, -0.2) is 38.7 Å². The van der Waals surface area contributed by atoms with Gasteiger partial charge in [-0.25, -0.2) is 0 Å². The molecule has 0 bridgehead atoms. The van der Waals surface area contributed by atoms with Crippen molar-refractivity contribution < 1.29 is 4.74 Å². The highest BCUT2D eigenvalue weighted by molar-refractivity contribution is 5.29. The highest BCUT2D eigenvalue weighted by Gasteiger charge is 2.18. The maximum Gasteiger partial charge on any atom is 0.118 e. The van der Waals surface area contributed by atoms with Crippen molar-refractivity contribution in [2.24, 2.45) is 5.92 Å². The summed E-state index contributed by atoms with van der Waals surface area (Å²) >= 11 is 0. The molecule has 1 aliphatic heterocycles. The number of piperidine rings is 1. The number of hydrogen-bond acceptors (Lipinski definition) is 3. The minimum atomic E-state index is 0.452. The number of rotatable bonds is 6. The lowest BCUT2D eigenvalue weighted by atomic mass is 9.97. The molecule has 3 nitrogen and oxygen atoms in total. The van der Waals surface area contributed by atoms with Crippen molar-refractivity contribution in [3.8, 4) is 5.75 Å². The molecule has 2 unspecified atom stereocenters. The predicted molar refractivity (Wildman–Crippen MR) is 84.2 cm³/mol. The molecule has 1 aromatic carbocycles. The Morgan fingerprint density at radius 1 is 1.35 bits per heavy atom. The SMILES string of the molecule is CCC(NCC1CCCN(C)C1)c1ccc(OC)cc1. The first kappa shape index (κ1) is 15.3. The predicted octanol–water partition coefficient (Wildman–Crippen LogP) is 3.08. The van der Waals surface area contributed by atoms with E-state index in [-0.39, 0.29) is 0 Å². The van der Waals surface area contributed by atoms with Crippen LogP contribution in [0.4, 0.5) is 0 Å². The van der Waals surface area contributed by atoms with Crippen molar-refractivity contribution in [2.75, 3.05) is 33.8 Å². The summed E-state index contributed by atoms with van der Waals surface area (Å²) in [5, 5.41) is 3.75. The molecular formula is C17H28N2O. The molecule has 2 rings (SSSR count). The summed E-state index contributed by atoms with van der Waals surface area (Å²) < 4.78 is 5.22. The van der Waals surface area contributed by atoms with Gasteiger partial charge in [0.25, 0.3) is 0 Å². The fraction of sp³-hybridized carbons (Fsp3) is 0.647. The van der Waals surface area contributed by atoms with Crippen molar-refractivity contribution >= 4 is 0 Å². The van der Waals surface area contributed by atoms with Gasteiger partial charge < -0.3 is 15.0 Å². The topological polar surface area (TPSA) is 24.5 Å². The van der Waals surface area contributed by atoms with Crippen LogP contribution < -0.4 is 10.1 Å². The molecule has 1 aliphatic rings. The van der Waals surface area contributed by atoms with E-state index in [4.69, 9.17) is 4.74 Å². The summed E-state index contributed by atoms with van der Waals surface area (Å²) in [6, 6.07) is 8.90. The highest BCUT2D eigenvalue weighted by atomic mass is 16.5. The Labute approximate surface area is 123 Å². The van der Waals surface area contributed by atoms with Crippen LogP contribution in [-0.2, 0) is 0 Å². The highest BCUT2D eigenvalue weighted by Crippen LogP contribution is 2.21. The number of benzene rings is 1. The van der Waals surface area contributed by atoms with Gasteiger partial charge in [-0.1, -0.05) is 19.1 Å². The Morgan fingerprint density at radius 2 is 2.10 bits per heavy atom. The molecule has 1 fully saturated rings. The summed E-state index contributed by atoms with van der Waals surface area (Å²) in [5.74, 6) is 1.72. The number of nitrogens with one attached hydrogen (secondary N) is 1. The average molecular weight is 276 g/mol. The normalized spacial score (nSPS) is 21.6. The summed E-state index contributed by atoms with van der Waals surface area (Å²) in [5.41, 5.74) is 1.36. The molecule has 0 amide bonds. The number of nitrogens with zero attached hydrogens (tertiary/aromatic N) is 1. The van der Waals surface area contributed by atoms with Gasteiger partial charge in [-0.05, 0) is 63.0 Å². The molecule has 1 N–H and O–H groups in total. The lowest BCUT2D eigenvalue weighted by Crippen LogP contribution is -2.38. The first-order valence-electron chi connectivity index (χ1n) is 7.78. The number of likely N-dealkylation sites (tertiary alicyclic amines) is 1. The summed E-state index contributed by atoms with van der Waals surface area (Å²) in [4.78, 5) is 2.45. The van der Waals surface area contributed by atoms with Crippen LogP contribution in [0.1, 0.15) is 37.8 Å². The van der Waals surface area contributed by atoms with Crippen molar-refractivity contribution in [3.63, 3.8) is 0 Å². The van der Waals surface area contributed by atoms with Crippen LogP contribution >= 0.6 is 0 Å². The maximum absolute atomic E-state index is 5.22. The number of ether oxygens (including phenoxy) is 1. The van der Waals surface area contributed by atoms with Gasteiger partial charge in [-0.3, -0.25) is 0 Å². The second kappa shape index (κ2) is 7.65. The second-order valence-corrected chi connectivity index (χ2v) is 5.91. The zero-order valence-electron chi connectivity index (χ0n) is 13.1. The first-order chi connectivity index (χ1) is 9.72. The number of methoxy groups -OCH3 is 1. The Hall–Kier alpha value is -1.06. The fourth-order valence-electron chi connectivity index (χ4n) is 3.08. The van der Waals surface area contributed by atoms with E-state index in [1.165, 1.54) is 31.5 Å². The molecule has 20 heavy (non-hydrogen) atoms. The summed E-state index contributed by atoms with van der Waals surface area (Å²) in [6.07, 6.45) is 3.81. The summed E-state index contributed by atoms with van der Waals surface area (Å²) in [7, 11) is 3.94. The minimum absolute atomic E-state index is 0.452. The molecule has 0 aromatic heterocycles. The molecular weight excluding hydrogens is 248 g/mol. The van der Waals surface area contributed by atoms with E-state index >= 15 is 0 Å². The quantitative estimate of drug-likeness (QED) is 0.864. The molecule has 1 aromatic rings. The van der Waals surface area contributed by atoms with Crippen LogP contribution in [0.5, 0.6) is 5.75 Å². The third-order valence-corrected chi connectivity index (χ3v) is 4.30. The van der Waals surface area contributed by atoms with Gasteiger partial charge in [0, 0.05) is 12.6 Å². The molecule has 2 atom stereocenters. The van der Waals surface area contributed by atoms with E-state index in [0.717, 1.165) is 24.6 Å². The zero-order chi connectivity index (χ0) is 14.4. The van der Waals surface area contributed by atoms with Gasteiger partial charge in [-0.2, -0.15) is 0 Å². The Bertz CT molecular complexity index is 390.